The summed E-state index contributed by atoms with van der Waals surface area (Å²) in [5.41, 5.74) is 6.69. The Bertz CT molecular complexity index is 436. The van der Waals surface area contributed by atoms with Gasteiger partial charge in [0.2, 0.25) is 0 Å². The second-order valence-corrected chi connectivity index (χ2v) is 6.29. The van der Waals surface area contributed by atoms with Gasteiger partial charge in [-0.15, -0.1) is 0 Å². The molecule has 5 heteroatoms. The molecule has 0 amide bonds. The second-order valence-electron chi connectivity index (χ2n) is 5.43. The lowest BCUT2D eigenvalue weighted by Gasteiger charge is -2.43. The van der Waals surface area contributed by atoms with Crippen LogP contribution in [0.4, 0.5) is 5.82 Å². The molecule has 1 aliphatic rings. The molecule has 1 unspecified atom stereocenters. The predicted molar refractivity (Wildman–Crippen MR) is 76.9 cm³/mol. The lowest BCUT2D eigenvalue weighted by atomic mass is 10.1. The molecule has 2 heterocycles. The Morgan fingerprint density at radius 1 is 1.61 bits per heavy atom. The van der Waals surface area contributed by atoms with Gasteiger partial charge in [0.15, 0.2) is 0 Å². The van der Waals surface area contributed by atoms with E-state index in [2.05, 4.69) is 45.7 Å². The number of ether oxygens (including phenoxy) is 1. The number of nitrogens with zero attached hydrogens (tertiary/aromatic N) is 2. The summed E-state index contributed by atoms with van der Waals surface area (Å²) in [6, 6.07) is 2.09. The summed E-state index contributed by atoms with van der Waals surface area (Å²) in [6.07, 6.45) is 1.95. The Kier molecular flexibility index (Phi) is 3.94. The van der Waals surface area contributed by atoms with Gasteiger partial charge in [-0.1, -0.05) is 0 Å². The highest BCUT2D eigenvalue weighted by molar-refractivity contribution is 9.10. The number of nitrogens with two attached hydrogens (primary N) is 1. The van der Waals surface area contributed by atoms with Gasteiger partial charge in [-0.2, -0.15) is 0 Å². The number of pyridine rings is 1. The number of morpholine rings is 1. The molecule has 0 bridgehead atoms. The maximum atomic E-state index is 5.93. The van der Waals surface area contributed by atoms with Crippen LogP contribution < -0.4 is 10.6 Å². The quantitative estimate of drug-likeness (QED) is 0.908. The Morgan fingerprint density at radius 3 is 2.94 bits per heavy atom. The third-order valence-corrected chi connectivity index (χ3v) is 3.59. The van der Waals surface area contributed by atoms with E-state index in [-0.39, 0.29) is 11.7 Å². The van der Waals surface area contributed by atoms with Gasteiger partial charge in [0.05, 0.1) is 16.2 Å². The minimum Gasteiger partial charge on any atom is -0.367 e. The van der Waals surface area contributed by atoms with E-state index in [0.717, 1.165) is 28.9 Å². The zero-order chi connectivity index (χ0) is 13.3. The van der Waals surface area contributed by atoms with Crippen LogP contribution in [-0.4, -0.2) is 36.3 Å². The van der Waals surface area contributed by atoms with Gasteiger partial charge in [0, 0.05) is 25.8 Å². The number of hydrogen-bond donors (Lipinski definition) is 1. The van der Waals surface area contributed by atoms with Crippen LogP contribution >= 0.6 is 15.9 Å². The second kappa shape index (κ2) is 5.15. The zero-order valence-electron chi connectivity index (χ0n) is 11.1. The molecule has 0 spiro atoms. The van der Waals surface area contributed by atoms with Crippen molar-refractivity contribution in [2.75, 3.05) is 24.5 Å². The molecule has 1 aliphatic heterocycles. The van der Waals surface area contributed by atoms with Crippen molar-refractivity contribution in [1.82, 2.24) is 4.98 Å². The van der Waals surface area contributed by atoms with Crippen molar-refractivity contribution in [1.29, 1.82) is 0 Å². The number of halogens is 1. The van der Waals surface area contributed by atoms with Gasteiger partial charge in [0.1, 0.15) is 5.82 Å². The highest BCUT2D eigenvalue weighted by Gasteiger charge is 2.33. The first kappa shape index (κ1) is 13.8. The maximum absolute atomic E-state index is 5.93. The van der Waals surface area contributed by atoms with Gasteiger partial charge in [-0.25, -0.2) is 4.98 Å². The molecular weight excluding hydrogens is 294 g/mol. The Labute approximate surface area is 117 Å². The molecule has 1 aromatic rings. The molecule has 2 rings (SSSR count). The SMILES string of the molecule is Cc1cnc(N2CC(CN)OC(C)(C)C2)c(Br)c1. The summed E-state index contributed by atoms with van der Waals surface area (Å²) in [7, 11) is 0. The predicted octanol–water partition coefficient (Wildman–Crippen LogP) is 2.10. The number of aryl methyl sites for hydroxylation is 1. The lowest BCUT2D eigenvalue weighted by Crippen LogP contribution is -2.55. The highest BCUT2D eigenvalue weighted by atomic mass is 79.9. The molecule has 1 atom stereocenters. The first-order valence-electron chi connectivity index (χ1n) is 6.16. The van der Waals surface area contributed by atoms with Crippen LogP contribution in [0.5, 0.6) is 0 Å². The summed E-state index contributed by atoms with van der Waals surface area (Å²) in [5.74, 6) is 0.968. The molecule has 0 radical (unpaired) electrons. The molecule has 2 N–H and O–H groups in total. The average Bonchev–Trinajstić information content (AvgIpc) is 2.26. The third-order valence-electron chi connectivity index (χ3n) is 3.00. The van der Waals surface area contributed by atoms with Gasteiger partial charge in [0.25, 0.3) is 0 Å². The van der Waals surface area contributed by atoms with E-state index in [1.54, 1.807) is 0 Å². The van der Waals surface area contributed by atoms with Gasteiger partial charge >= 0.3 is 0 Å². The lowest BCUT2D eigenvalue weighted by molar-refractivity contribution is -0.0790. The smallest absolute Gasteiger partial charge is 0.143 e. The molecule has 4 nitrogen and oxygen atoms in total. The van der Waals surface area contributed by atoms with Crippen LogP contribution in [0.25, 0.3) is 0 Å². The highest BCUT2D eigenvalue weighted by Crippen LogP contribution is 2.30. The summed E-state index contributed by atoms with van der Waals surface area (Å²) in [4.78, 5) is 6.76. The van der Waals surface area contributed by atoms with E-state index in [1.807, 2.05) is 13.1 Å². The van der Waals surface area contributed by atoms with E-state index in [4.69, 9.17) is 10.5 Å². The van der Waals surface area contributed by atoms with E-state index in [0.29, 0.717) is 6.54 Å². The van der Waals surface area contributed by atoms with Crippen molar-refractivity contribution >= 4 is 21.7 Å². The largest absolute Gasteiger partial charge is 0.367 e. The summed E-state index contributed by atoms with van der Waals surface area (Å²) < 4.78 is 6.95. The van der Waals surface area contributed by atoms with Gasteiger partial charge in [-0.3, -0.25) is 0 Å². The maximum Gasteiger partial charge on any atom is 0.143 e. The molecule has 100 valence electrons. The summed E-state index contributed by atoms with van der Waals surface area (Å²) in [5, 5.41) is 0. The van der Waals surface area contributed by atoms with Gasteiger partial charge in [-0.05, 0) is 48.3 Å². The monoisotopic (exact) mass is 313 g/mol. The Balaban J connectivity index is 2.26. The van der Waals surface area contributed by atoms with E-state index in [9.17, 15) is 0 Å². The van der Waals surface area contributed by atoms with E-state index < -0.39 is 0 Å². The third kappa shape index (κ3) is 3.02. The Morgan fingerprint density at radius 2 is 2.33 bits per heavy atom. The first-order valence-corrected chi connectivity index (χ1v) is 6.95. The van der Waals surface area contributed by atoms with Crippen molar-refractivity contribution < 1.29 is 4.74 Å². The Hall–Kier alpha value is -0.650. The molecule has 0 saturated carbocycles. The molecular formula is C13H20BrN3O. The molecule has 0 aliphatic carbocycles. The van der Waals surface area contributed by atoms with Crippen LogP contribution in [0.2, 0.25) is 0 Å². The fraction of sp³-hybridized carbons (Fsp3) is 0.615. The van der Waals surface area contributed by atoms with Crippen molar-refractivity contribution in [3.63, 3.8) is 0 Å². The van der Waals surface area contributed by atoms with Crippen molar-refractivity contribution in [3.05, 3.63) is 22.3 Å². The standard InChI is InChI=1S/C13H20BrN3O/c1-9-4-11(14)12(16-6-9)17-7-10(5-15)18-13(2,3)8-17/h4,6,10H,5,7-8,15H2,1-3H3. The molecule has 1 saturated heterocycles. The number of rotatable bonds is 2. The van der Waals surface area contributed by atoms with Crippen LogP contribution in [0.15, 0.2) is 16.7 Å². The molecule has 1 fully saturated rings. The summed E-state index contributed by atoms with van der Waals surface area (Å²) in [6.45, 7) is 8.34. The zero-order valence-corrected chi connectivity index (χ0v) is 12.7. The fourth-order valence-electron chi connectivity index (χ4n) is 2.34. The first-order chi connectivity index (χ1) is 8.41. The molecule has 1 aromatic heterocycles. The van der Waals surface area contributed by atoms with Crippen molar-refractivity contribution in [2.24, 2.45) is 5.73 Å². The minimum absolute atomic E-state index is 0.0590. The topological polar surface area (TPSA) is 51.4 Å². The normalized spacial score (nSPS) is 23.2. The van der Waals surface area contributed by atoms with Crippen LogP contribution in [-0.2, 0) is 4.74 Å². The van der Waals surface area contributed by atoms with E-state index >= 15 is 0 Å². The number of aromatic nitrogens is 1. The van der Waals surface area contributed by atoms with Gasteiger partial charge < -0.3 is 15.4 Å². The number of hydrogen-bond acceptors (Lipinski definition) is 4. The molecule has 0 aromatic carbocycles. The van der Waals surface area contributed by atoms with Crippen LogP contribution in [0.3, 0.4) is 0 Å². The summed E-state index contributed by atoms with van der Waals surface area (Å²) >= 11 is 3.59. The van der Waals surface area contributed by atoms with Crippen LogP contribution in [0.1, 0.15) is 19.4 Å². The molecule has 18 heavy (non-hydrogen) atoms. The van der Waals surface area contributed by atoms with Crippen molar-refractivity contribution in [2.45, 2.75) is 32.5 Å². The van der Waals surface area contributed by atoms with Crippen LogP contribution in [0, 0.1) is 6.92 Å². The van der Waals surface area contributed by atoms with Crippen molar-refractivity contribution in [3.8, 4) is 0 Å². The number of anilines is 1. The average molecular weight is 314 g/mol. The minimum atomic E-state index is -0.200. The fourth-order valence-corrected chi connectivity index (χ4v) is 3.05. The van der Waals surface area contributed by atoms with E-state index in [1.165, 1.54) is 0 Å².